The molecule has 27 heavy (non-hydrogen) atoms. The van der Waals surface area contributed by atoms with Crippen molar-refractivity contribution in [2.24, 2.45) is 0 Å². The quantitative estimate of drug-likeness (QED) is 0.736. The number of anilines is 1. The number of halogens is 1. The minimum absolute atomic E-state index is 0.188. The predicted molar refractivity (Wildman–Crippen MR) is 102 cm³/mol. The largest absolute Gasteiger partial charge is 0.360 e. The van der Waals surface area contributed by atoms with Crippen LogP contribution < -0.4 is 20.4 Å². The van der Waals surface area contributed by atoms with E-state index in [9.17, 15) is 14.0 Å². The number of piperazine rings is 1. The Labute approximate surface area is 160 Å². The first-order valence-electron chi connectivity index (χ1n) is 9.99. The van der Waals surface area contributed by atoms with Crippen molar-refractivity contribution in [3.8, 4) is 0 Å². The fourth-order valence-electron chi connectivity index (χ4n) is 4.01. The van der Waals surface area contributed by atoms with Crippen molar-refractivity contribution in [1.29, 1.82) is 0 Å². The molecule has 3 amide bonds. The van der Waals surface area contributed by atoms with Crippen LogP contribution in [0.2, 0.25) is 0 Å². The average Bonchev–Trinajstić information content (AvgIpc) is 2.69. The number of carbonyl (C=O) groups excluding carboxylic acids is 2. The topological polar surface area (TPSA) is 65.9 Å². The van der Waals surface area contributed by atoms with Crippen LogP contribution in [0.15, 0.2) is 24.3 Å². The van der Waals surface area contributed by atoms with Gasteiger partial charge in [-0.05, 0) is 44.0 Å². The number of hydrogen-bond acceptors (Lipinski definition) is 3. The highest BCUT2D eigenvalue weighted by molar-refractivity contribution is 5.96. The van der Waals surface area contributed by atoms with Crippen molar-refractivity contribution in [2.45, 2.75) is 51.1 Å². The zero-order chi connectivity index (χ0) is 19.2. The average molecular weight is 377 g/mol. The van der Waals surface area contributed by atoms with Crippen LogP contribution in [0.5, 0.6) is 0 Å². The zero-order valence-corrected chi connectivity index (χ0v) is 16.0. The second kappa shape index (κ2) is 9.17. The first-order valence-corrected chi connectivity index (χ1v) is 9.99. The van der Waals surface area contributed by atoms with Gasteiger partial charge in [0.1, 0.15) is 5.82 Å². The molecular formula is C20H30FN4O2+. The lowest BCUT2D eigenvalue weighted by atomic mass is 9.96. The van der Waals surface area contributed by atoms with Crippen LogP contribution in [0.4, 0.5) is 14.9 Å². The van der Waals surface area contributed by atoms with E-state index in [2.05, 4.69) is 15.5 Å². The van der Waals surface area contributed by atoms with Crippen LogP contribution >= 0.6 is 0 Å². The Morgan fingerprint density at radius 2 is 1.74 bits per heavy atom. The van der Waals surface area contributed by atoms with E-state index in [-0.39, 0.29) is 29.8 Å². The number of nitrogens with zero attached hydrogens (tertiary/aromatic N) is 1. The molecule has 0 bridgehead atoms. The van der Waals surface area contributed by atoms with Crippen molar-refractivity contribution < 1.29 is 18.9 Å². The van der Waals surface area contributed by atoms with Gasteiger partial charge < -0.3 is 15.1 Å². The molecule has 1 aromatic rings. The van der Waals surface area contributed by atoms with E-state index in [1.54, 1.807) is 12.1 Å². The molecule has 0 radical (unpaired) electrons. The Morgan fingerprint density at radius 1 is 1.11 bits per heavy atom. The molecule has 1 aliphatic heterocycles. The Bertz CT molecular complexity index is 638. The molecule has 0 unspecified atom stereocenters. The third-order valence-corrected chi connectivity index (χ3v) is 5.78. The molecule has 6 nitrogen and oxygen atoms in total. The van der Waals surface area contributed by atoms with Gasteiger partial charge in [0.05, 0.1) is 26.2 Å². The maximum atomic E-state index is 13.1. The van der Waals surface area contributed by atoms with Crippen LogP contribution in [0, 0.1) is 5.82 Å². The number of urea groups is 1. The molecule has 0 spiro atoms. The number of quaternary nitrogens is 1. The molecule has 148 valence electrons. The highest BCUT2D eigenvalue weighted by Gasteiger charge is 2.30. The van der Waals surface area contributed by atoms with Crippen LogP contribution in [-0.4, -0.2) is 50.2 Å². The maximum Gasteiger partial charge on any atom is 0.321 e. The molecule has 1 saturated heterocycles. The number of rotatable bonds is 4. The lowest BCUT2D eigenvalue weighted by Gasteiger charge is -2.36. The number of amides is 3. The lowest BCUT2D eigenvalue weighted by Crippen LogP contribution is -3.19. The minimum Gasteiger partial charge on any atom is -0.360 e. The summed E-state index contributed by atoms with van der Waals surface area (Å²) in [5.41, 5.74) is 0.999. The Balaban J connectivity index is 1.43. The van der Waals surface area contributed by atoms with Crippen molar-refractivity contribution >= 4 is 17.6 Å². The van der Waals surface area contributed by atoms with E-state index in [0.29, 0.717) is 0 Å². The molecule has 3 rings (SSSR count). The summed E-state index contributed by atoms with van der Waals surface area (Å²) in [5, 5.41) is 5.43. The van der Waals surface area contributed by atoms with Gasteiger partial charge >= 0.3 is 6.03 Å². The van der Waals surface area contributed by atoms with E-state index >= 15 is 0 Å². The van der Waals surface area contributed by atoms with Gasteiger partial charge in [0.2, 0.25) is 0 Å². The van der Waals surface area contributed by atoms with Gasteiger partial charge in [-0.3, -0.25) is 10.1 Å². The molecule has 1 aromatic carbocycles. The Hall–Kier alpha value is -2.15. The molecule has 1 heterocycles. The number of carbonyl (C=O) groups is 2. The summed E-state index contributed by atoms with van der Waals surface area (Å²) in [7, 11) is 0. The van der Waals surface area contributed by atoms with Gasteiger partial charge in [0.25, 0.3) is 5.91 Å². The number of hydrogen-bond donors (Lipinski definition) is 3. The van der Waals surface area contributed by atoms with Crippen molar-refractivity contribution in [1.82, 2.24) is 10.6 Å². The SMILES string of the molecule is C[C@@H](C(=O)NC(=O)NC1CCCCC1)[NH+]1CCN(c2ccc(F)cc2)CC1. The Morgan fingerprint density at radius 3 is 2.37 bits per heavy atom. The van der Waals surface area contributed by atoms with Gasteiger partial charge in [-0.25, -0.2) is 9.18 Å². The molecule has 0 aromatic heterocycles. The van der Waals surface area contributed by atoms with Gasteiger partial charge in [0.15, 0.2) is 6.04 Å². The monoisotopic (exact) mass is 377 g/mol. The van der Waals surface area contributed by atoms with Gasteiger partial charge in [-0.1, -0.05) is 19.3 Å². The minimum atomic E-state index is -0.372. The second-order valence-electron chi connectivity index (χ2n) is 7.64. The van der Waals surface area contributed by atoms with Gasteiger partial charge in [-0.15, -0.1) is 0 Å². The van der Waals surface area contributed by atoms with E-state index in [4.69, 9.17) is 0 Å². The molecule has 1 atom stereocenters. The summed E-state index contributed by atoms with van der Waals surface area (Å²) in [6.07, 6.45) is 5.49. The highest BCUT2D eigenvalue weighted by atomic mass is 19.1. The molecule has 2 fully saturated rings. The normalized spacial score (nSPS) is 20.1. The van der Waals surface area contributed by atoms with Crippen LogP contribution in [0.25, 0.3) is 0 Å². The first kappa shape index (κ1) is 19.6. The van der Waals surface area contributed by atoms with Crippen molar-refractivity contribution in [3.05, 3.63) is 30.1 Å². The highest BCUT2D eigenvalue weighted by Crippen LogP contribution is 2.17. The van der Waals surface area contributed by atoms with Crippen LogP contribution in [-0.2, 0) is 4.79 Å². The van der Waals surface area contributed by atoms with E-state index < -0.39 is 0 Å². The Kier molecular flexibility index (Phi) is 6.66. The summed E-state index contributed by atoms with van der Waals surface area (Å²) in [6.45, 7) is 5.07. The fourth-order valence-corrected chi connectivity index (χ4v) is 4.01. The van der Waals surface area contributed by atoms with Gasteiger partial charge in [0, 0.05) is 11.7 Å². The summed E-state index contributed by atoms with van der Waals surface area (Å²) in [4.78, 5) is 27.9. The number of benzene rings is 1. The third kappa shape index (κ3) is 5.42. The van der Waals surface area contributed by atoms with Crippen LogP contribution in [0.3, 0.4) is 0 Å². The zero-order valence-electron chi connectivity index (χ0n) is 16.0. The third-order valence-electron chi connectivity index (χ3n) is 5.78. The molecule has 1 saturated carbocycles. The number of imide groups is 1. The molecule has 1 aliphatic carbocycles. The summed E-state index contributed by atoms with van der Waals surface area (Å²) in [5.74, 6) is -0.464. The summed E-state index contributed by atoms with van der Waals surface area (Å²) in [6, 6.07) is 6.04. The molecule has 3 N–H and O–H groups in total. The smallest absolute Gasteiger partial charge is 0.321 e. The van der Waals surface area contributed by atoms with E-state index in [1.807, 2.05) is 6.92 Å². The van der Waals surface area contributed by atoms with E-state index in [1.165, 1.54) is 18.6 Å². The predicted octanol–water partition coefficient (Wildman–Crippen LogP) is 1.08. The summed E-state index contributed by atoms with van der Waals surface area (Å²) < 4.78 is 13.1. The van der Waals surface area contributed by atoms with Crippen molar-refractivity contribution in [3.63, 3.8) is 0 Å². The standard InChI is InChI=1S/C20H29FN4O2/c1-15(19(26)23-20(27)22-17-5-3-2-4-6-17)24-11-13-25(14-12-24)18-9-7-16(21)8-10-18/h7-10,15,17H,2-6,11-14H2,1H3,(H2,22,23,26,27)/p+1/t15-/m0/s1. The lowest BCUT2D eigenvalue weighted by molar-refractivity contribution is -0.914. The molecule has 7 heteroatoms. The summed E-state index contributed by atoms with van der Waals surface area (Å²) >= 11 is 0. The van der Waals surface area contributed by atoms with Gasteiger partial charge in [-0.2, -0.15) is 0 Å². The number of nitrogens with one attached hydrogen (secondary N) is 3. The van der Waals surface area contributed by atoms with Crippen molar-refractivity contribution in [2.75, 3.05) is 31.1 Å². The maximum absolute atomic E-state index is 13.1. The van der Waals surface area contributed by atoms with E-state index in [0.717, 1.165) is 62.4 Å². The molecular weight excluding hydrogens is 347 g/mol. The first-order chi connectivity index (χ1) is 13.0. The van der Waals surface area contributed by atoms with Crippen LogP contribution in [0.1, 0.15) is 39.0 Å². The molecule has 2 aliphatic rings. The fraction of sp³-hybridized carbons (Fsp3) is 0.600. The second-order valence-corrected chi connectivity index (χ2v) is 7.64.